The summed E-state index contributed by atoms with van der Waals surface area (Å²) in [6, 6.07) is 0. The molecule has 0 aromatic rings. The van der Waals surface area contributed by atoms with Gasteiger partial charge in [0.25, 0.3) is 0 Å². The van der Waals surface area contributed by atoms with Gasteiger partial charge in [-0.15, -0.1) is 0 Å². The van der Waals surface area contributed by atoms with Crippen LogP contribution < -0.4 is 5.32 Å². The topological polar surface area (TPSA) is 83.1 Å². The lowest BCUT2D eigenvalue weighted by molar-refractivity contribution is -0.218. The van der Waals surface area contributed by atoms with Crippen LogP contribution in [0.25, 0.3) is 0 Å². The van der Waals surface area contributed by atoms with Gasteiger partial charge < -0.3 is 23.6 Å². The highest BCUT2D eigenvalue weighted by Gasteiger charge is 2.69. The summed E-state index contributed by atoms with van der Waals surface area (Å²) < 4.78 is 25.3. The highest BCUT2D eigenvalue weighted by Crippen LogP contribution is 2.57. The highest BCUT2D eigenvalue weighted by atomic mass is 28.4. The maximum atomic E-state index is 12.6. The molecule has 7 nitrogen and oxygen atoms in total. The maximum absolute atomic E-state index is 12.6. The van der Waals surface area contributed by atoms with Crippen LogP contribution in [0.15, 0.2) is 11.8 Å². The van der Waals surface area contributed by atoms with Crippen molar-refractivity contribution in [2.24, 2.45) is 11.8 Å². The van der Waals surface area contributed by atoms with Gasteiger partial charge in [0.1, 0.15) is 36.7 Å². The minimum absolute atomic E-state index is 0.161. The number of carbonyl (C=O) groups excluding carboxylic acids is 2. The Balaban J connectivity index is 1.70. The van der Waals surface area contributed by atoms with Gasteiger partial charge in [-0.25, -0.2) is 0 Å². The normalized spacial score (nSPS) is 41.6. The van der Waals surface area contributed by atoms with Crippen molar-refractivity contribution in [3.8, 4) is 0 Å². The van der Waals surface area contributed by atoms with E-state index in [2.05, 4.69) is 46.9 Å². The molecule has 0 aliphatic carbocycles. The number of fused-ring (bicyclic) bond motifs is 2. The average molecular weight is 396 g/mol. The summed E-state index contributed by atoms with van der Waals surface area (Å²) in [6.07, 6.45) is 0.652. The zero-order chi connectivity index (χ0) is 19.8. The van der Waals surface area contributed by atoms with Gasteiger partial charge in [0, 0.05) is 15.8 Å². The minimum atomic E-state index is -2.69. The molecule has 150 valence electrons. The van der Waals surface area contributed by atoms with Crippen molar-refractivity contribution in [2.45, 2.75) is 76.2 Å². The average Bonchev–Trinajstić information content (AvgIpc) is 3.07. The first kappa shape index (κ1) is 19.1. The number of nitrogens with one attached hydrogen (secondary N) is 1. The van der Waals surface area contributed by atoms with Crippen molar-refractivity contribution in [3.63, 3.8) is 0 Å². The second-order valence-corrected chi connectivity index (χ2v) is 14.7. The van der Waals surface area contributed by atoms with Crippen LogP contribution in [0, 0.1) is 11.8 Å². The number of allylic oxidation sites excluding steroid dienone is 1. The van der Waals surface area contributed by atoms with E-state index in [0.717, 1.165) is 0 Å². The quantitative estimate of drug-likeness (QED) is 0.315. The lowest BCUT2D eigenvalue weighted by Gasteiger charge is -2.57. The van der Waals surface area contributed by atoms with E-state index in [1.54, 1.807) is 0 Å². The van der Waals surface area contributed by atoms with Gasteiger partial charge in [0.15, 0.2) is 0 Å². The first-order chi connectivity index (χ1) is 12.5. The number of carbonyl (C=O) groups is 2. The smallest absolute Gasteiger partial charge is 0.349 e. The number of aldehydes is 1. The summed E-state index contributed by atoms with van der Waals surface area (Å²) in [5.41, 5.74) is 0.571. The summed E-state index contributed by atoms with van der Waals surface area (Å²) in [5.74, 6) is -0.987. The van der Waals surface area contributed by atoms with Gasteiger partial charge in [0.2, 0.25) is 0 Å². The molecule has 6 atom stereocenters. The van der Waals surface area contributed by atoms with Crippen LogP contribution >= 0.6 is 0 Å². The third kappa shape index (κ3) is 2.57. The Bertz CT molecular complexity index is 679. The largest absolute Gasteiger partial charge is 0.459 e. The molecule has 27 heavy (non-hydrogen) atoms. The van der Waals surface area contributed by atoms with Gasteiger partial charge in [-0.05, 0) is 6.08 Å². The first-order valence-electron chi connectivity index (χ1n) is 9.60. The van der Waals surface area contributed by atoms with Gasteiger partial charge in [0.05, 0.1) is 12.5 Å². The molecule has 0 spiro atoms. The minimum Gasteiger partial charge on any atom is -0.459 e. The highest BCUT2D eigenvalue weighted by molar-refractivity contribution is 6.73. The molecule has 0 unspecified atom stereocenters. The predicted molar refractivity (Wildman–Crippen MR) is 98.8 cm³/mol. The molecule has 0 radical (unpaired) electrons. The van der Waals surface area contributed by atoms with Gasteiger partial charge in [-0.2, -0.15) is 0 Å². The van der Waals surface area contributed by atoms with E-state index < -0.39 is 20.6 Å². The summed E-state index contributed by atoms with van der Waals surface area (Å²) >= 11 is 0. The van der Waals surface area contributed by atoms with Crippen molar-refractivity contribution >= 4 is 20.8 Å². The molecule has 4 saturated heterocycles. The predicted octanol–water partition coefficient (Wildman–Crippen LogP) is 2.01. The van der Waals surface area contributed by atoms with E-state index >= 15 is 0 Å². The fourth-order valence-electron chi connectivity index (χ4n) is 5.39. The summed E-state index contributed by atoms with van der Waals surface area (Å²) in [6.45, 7) is 13.4. The molecule has 0 bridgehead atoms. The van der Waals surface area contributed by atoms with E-state index in [-0.39, 0.29) is 40.4 Å². The van der Waals surface area contributed by atoms with Crippen LogP contribution in [0.3, 0.4) is 0 Å². The Labute approximate surface area is 161 Å². The molecular weight excluding hydrogens is 366 g/mol. The Morgan fingerprint density at radius 3 is 2.37 bits per heavy atom. The molecule has 4 aliphatic heterocycles. The van der Waals surface area contributed by atoms with Gasteiger partial charge >= 0.3 is 14.5 Å². The van der Waals surface area contributed by atoms with E-state index in [9.17, 15) is 9.59 Å². The second-order valence-electron chi connectivity index (χ2n) is 9.96. The molecule has 4 heterocycles. The molecule has 4 rings (SSSR count). The van der Waals surface area contributed by atoms with Crippen LogP contribution in [0.1, 0.15) is 41.5 Å². The molecule has 0 aromatic carbocycles. The Morgan fingerprint density at radius 2 is 1.78 bits per heavy atom. The van der Waals surface area contributed by atoms with E-state index in [1.165, 1.54) is 6.08 Å². The van der Waals surface area contributed by atoms with E-state index in [1.807, 2.05) is 0 Å². The third-order valence-electron chi connectivity index (χ3n) is 6.25. The van der Waals surface area contributed by atoms with Crippen molar-refractivity contribution < 1.29 is 27.9 Å². The molecule has 0 aromatic heterocycles. The fourth-order valence-corrected chi connectivity index (χ4v) is 10.4. The SMILES string of the molecule is CC(C)(C)[Si]1(C(C)(C)C)OC[C@H]2O[C@H]3N/C(=C\C=O)[C@H]4C(=O)O[C@@H]([C@@H]2O1)[C@@H]34. The van der Waals surface area contributed by atoms with Crippen LogP contribution in [0.2, 0.25) is 10.1 Å². The van der Waals surface area contributed by atoms with E-state index in [0.29, 0.717) is 18.6 Å². The molecule has 4 aliphatic rings. The number of rotatable bonds is 1. The van der Waals surface area contributed by atoms with Crippen LogP contribution in [0.5, 0.6) is 0 Å². The van der Waals surface area contributed by atoms with Crippen LogP contribution in [0.4, 0.5) is 0 Å². The molecule has 0 saturated carbocycles. The van der Waals surface area contributed by atoms with Crippen LogP contribution in [-0.4, -0.2) is 52.0 Å². The zero-order valence-corrected chi connectivity index (χ0v) is 17.8. The molecular formula is C19H29NO6Si. The standard InChI is InChI=1S/C19H29NO6Si/c1-18(2,3)27(19(4,5)6)23-9-11-14(26-27)15-13-12(17(22)25-15)10(7-8-21)20-16(13)24-11/h7-8,11-16,20H,9H2,1-6H3/b10-7-/t11-,12-,13+,14-,15-,16-/m1/s1. The van der Waals surface area contributed by atoms with Crippen molar-refractivity contribution in [1.29, 1.82) is 0 Å². The zero-order valence-electron chi connectivity index (χ0n) is 16.8. The Hall–Kier alpha value is -1.22. The molecule has 0 amide bonds. The lowest BCUT2D eigenvalue weighted by atomic mass is 9.85. The van der Waals surface area contributed by atoms with E-state index in [4.69, 9.17) is 18.3 Å². The summed E-state index contributed by atoms with van der Waals surface area (Å²) in [7, 11) is -2.69. The molecule has 8 heteroatoms. The monoisotopic (exact) mass is 395 g/mol. The lowest BCUT2D eigenvalue weighted by Crippen LogP contribution is -2.70. The second kappa shape index (κ2) is 5.89. The van der Waals surface area contributed by atoms with Crippen LogP contribution in [-0.2, 0) is 27.9 Å². The van der Waals surface area contributed by atoms with Gasteiger partial charge in [-0.1, -0.05) is 41.5 Å². The third-order valence-corrected chi connectivity index (χ3v) is 11.4. The molecule has 1 N–H and O–H groups in total. The van der Waals surface area contributed by atoms with Crippen molar-refractivity contribution in [2.75, 3.05) is 6.61 Å². The summed E-state index contributed by atoms with van der Waals surface area (Å²) in [5, 5.41) is 2.85. The Morgan fingerprint density at radius 1 is 1.11 bits per heavy atom. The summed E-state index contributed by atoms with van der Waals surface area (Å²) in [4.78, 5) is 23.5. The maximum Gasteiger partial charge on any atom is 0.349 e. The number of hydrogen-bond acceptors (Lipinski definition) is 7. The van der Waals surface area contributed by atoms with Crippen molar-refractivity contribution in [1.82, 2.24) is 5.32 Å². The van der Waals surface area contributed by atoms with Gasteiger partial charge in [-0.3, -0.25) is 9.59 Å². The number of esters is 1. The first-order valence-corrected chi connectivity index (χ1v) is 11.4. The number of ether oxygens (including phenoxy) is 2. The molecule has 4 fully saturated rings. The fraction of sp³-hybridized carbons (Fsp3) is 0.789. The van der Waals surface area contributed by atoms with Crippen molar-refractivity contribution in [3.05, 3.63) is 11.8 Å². The Kier molecular flexibility index (Phi) is 4.17. The number of hydrogen-bond donors (Lipinski definition) is 1.